The van der Waals surface area contributed by atoms with Gasteiger partial charge in [0.25, 0.3) is 5.91 Å². The summed E-state index contributed by atoms with van der Waals surface area (Å²) in [6.45, 7) is 1.50. The van der Waals surface area contributed by atoms with Crippen molar-refractivity contribution in [1.29, 1.82) is 0 Å². The summed E-state index contributed by atoms with van der Waals surface area (Å²) in [4.78, 5) is 30.8. The Morgan fingerprint density at radius 3 is 2.65 bits per heavy atom. The van der Waals surface area contributed by atoms with Crippen molar-refractivity contribution in [3.05, 3.63) is 66.0 Å². The maximum absolute atomic E-state index is 12.6. The summed E-state index contributed by atoms with van der Waals surface area (Å²) < 4.78 is 0. The maximum Gasteiger partial charge on any atom is 0.253 e. The van der Waals surface area contributed by atoms with Crippen molar-refractivity contribution >= 4 is 11.8 Å². The lowest BCUT2D eigenvalue weighted by molar-refractivity contribution is -0.126. The highest BCUT2D eigenvalue weighted by molar-refractivity contribution is 5.94. The number of likely N-dealkylation sites (tertiary alicyclic amines) is 1. The van der Waals surface area contributed by atoms with Crippen LogP contribution in [0.3, 0.4) is 0 Å². The Kier molecular flexibility index (Phi) is 5.96. The number of hydrogen-bond donors (Lipinski definition) is 2. The lowest BCUT2D eigenvalue weighted by atomic mass is 9.96. The smallest absolute Gasteiger partial charge is 0.253 e. The number of nitrogens with zero attached hydrogens (tertiary/aromatic N) is 2. The third-order valence-electron chi connectivity index (χ3n) is 4.73. The standard InChI is InChI=1S/C20H24N4O2/c21-18(15-5-2-1-3-6-15)13-23-19(25)17-7-4-12-24(14-17)20(26)16-8-10-22-11-9-16/h1-3,5-6,8-11,17-18H,4,7,12-14,21H2,(H,23,25). The van der Waals surface area contributed by atoms with E-state index in [0.29, 0.717) is 25.2 Å². The van der Waals surface area contributed by atoms with Crippen LogP contribution < -0.4 is 11.1 Å². The molecular formula is C20H24N4O2. The summed E-state index contributed by atoms with van der Waals surface area (Å²) in [6, 6.07) is 12.9. The predicted octanol–water partition coefficient (Wildman–Crippen LogP) is 1.75. The number of benzene rings is 1. The van der Waals surface area contributed by atoms with E-state index in [1.807, 2.05) is 30.3 Å². The normalized spacial score (nSPS) is 18.2. The molecule has 0 spiro atoms. The monoisotopic (exact) mass is 352 g/mol. The molecule has 0 bridgehead atoms. The Hall–Kier alpha value is -2.73. The number of amides is 2. The molecule has 2 aromatic rings. The van der Waals surface area contributed by atoms with E-state index >= 15 is 0 Å². The first-order valence-electron chi connectivity index (χ1n) is 8.92. The van der Waals surface area contributed by atoms with Gasteiger partial charge in [0.2, 0.25) is 5.91 Å². The Bertz CT molecular complexity index is 736. The third-order valence-corrected chi connectivity index (χ3v) is 4.73. The molecule has 26 heavy (non-hydrogen) atoms. The zero-order valence-electron chi connectivity index (χ0n) is 14.7. The molecule has 1 aliphatic heterocycles. The Morgan fingerprint density at radius 1 is 1.19 bits per heavy atom. The molecule has 3 rings (SSSR count). The number of piperidine rings is 1. The van der Waals surface area contributed by atoms with Crippen molar-refractivity contribution in [2.45, 2.75) is 18.9 Å². The van der Waals surface area contributed by atoms with Crippen molar-refractivity contribution in [1.82, 2.24) is 15.2 Å². The zero-order valence-corrected chi connectivity index (χ0v) is 14.7. The highest BCUT2D eigenvalue weighted by Crippen LogP contribution is 2.19. The summed E-state index contributed by atoms with van der Waals surface area (Å²) in [7, 11) is 0. The van der Waals surface area contributed by atoms with Gasteiger partial charge in [-0.15, -0.1) is 0 Å². The SMILES string of the molecule is NC(CNC(=O)C1CCCN(C(=O)c2ccncc2)C1)c1ccccc1. The van der Waals surface area contributed by atoms with Crippen LogP contribution in [0.1, 0.15) is 34.8 Å². The Labute approximate surface area is 153 Å². The summed E-state index contributed by atoms with van der Waals surface area (Å²) >= 11 is 0. The van der Waals surface area contributed by atoms with E-state index in [-0.39, 0.29) is 23.8 Å². The van der Waals surface area contributed by atoms with Gasteiger partial charge in [-0.05, 0) is 30.5 Å². The first-order valence-corrected chi connectivity index (χ1v) is 8.92. The van der Waals surface area contributed by atoms with Gasteiger partial charge in [0, 0.05) is 43.6 Å². The average molecular weight is 352 g/mol. The molecule has 0 aliphatic carbocycles. The molecule has 1 aromatic carbocycles. The van der Waals surface area contributed by atoms with E-state index in [4.69, 9.17) is 5.73 Å². The lowest BCUT2D eigenvalue weighted by Gasteiger charge is -2.32. The quantitative estimate of drug-likeness (QED) is 0.858. The number of pyridine rings is 1. The molecule has 3 N–H and O–H groups in total. The molecule has 0 radical (unpaired) electrons. The first-order chi connectivity index (χ1) is 12.6. The highest BCUT2D eigenvalue weighted by atomic mass is 16.2. The van der Waals surface area contributed by atoms with Crippen molar-refractivity contribution in [2.75, 3.05) is 19.6 Å². The number of rotatable bonds is 5. The van der Waals surface area contributed by atoms with Crippen LogP contribution in [-0.4, -0.2) is 41.3 Å². The topological polar surface area (TPSA) is 88.3 Å². The van der Waals surface area contributed by atoms with Crippen molar-refractivity contribution in [3.63, 3.8) is 0 Å². The van der Waals surface area contributed by atoms with Gasteiger partial charge in [-0.3, -0.25) is 14.6 Å². The fraction of sp³-hybridized carbons (Fsp3) is 0.350. The molecule has 136 valence electrons. The van der Waals surface area contributed by atoms with Crippen LogP contribution in [0.15, 0.2) is 54.9 Å². The minimum atomic E-state index is -0.238. The van der Waals surface area contributed by atoms with E-state index in [1.54, 1.807) is 29.4 Å². The number of nitrogens with two attached hydrogens (primary N) is 1. The van der Waals surface area contributed by atoms with Gasteiger partial charge in [-0.25, -0.2) is 0 Å². The van der Waals surface area contributed by atoms with Crippen LogP contribution in [0, 0.1) is 5.92 Å². The van der Waals surface area contributed by atoms with Gasteiger partial charge in [0.05, 0.1) is 5.92 Å². The van der Waals surface area contributed by atoms with Crippen LogP contribution in [-0.2, 0) is 4.79 Å². The van der Waals surface area contributed by atoms with Gasteiger partial charge in [0.1, 0.15) is 0 Å². The number of carbonyl (C=O) groups excluding carboxylic acids is 2. The lowest BCUT2D eigenvalue weighted by Crippen LogP contribution is -2.46. The van der Waals surface area contributed by atoms with Crippen LogP contribution in [0.2, 0.25) is 0 Å². The number of aromatic nitrogens is 1. The van der Waals surface area contributed by atoms with Gasteiger partial charge < -0.3 is 16.0 Å². The molecule has 6 heteroatoms. The second-order valence-electron chi connectivity index (χ2n) is 6.59. The summed E-state index contributed by atoms with van der Waals surface area (Å²) in [5.41, 5.74) is 7.73. The molecule has 1 aliphatic rings. The van der Waals surface area contributed by atoms with Crippen molar-refractivity contribution in [3.8, 4) is 0 Å². The summed E-state index contributed by atoms with van der Waals surface area (Å²) in [5.74, 6) is -0.285. The molecule has 2 amide bonds. The largest absolute Gasteiger partial charge is 0.354 e. The fourth-order valence-electron chi connectivity index (χ4n) is 3.23. The molecule has 1 saturated heterocycles. The van der Waals surface area contributed by atoms with Gasteiger partial charge >= 0.3 is 0 Å². The molecule has 0 saturated carbocycles. The van der Waals surface area contributed by atoms with Gasteiger partial charge in [0.15, 0.2) is 0 Å². The number of hydrogen-bond acceptors (Lipinski definition) is 4. The van der Waals surface area contributed by atoms with Gasteiger partial charge in [-0.1, -0.05) is 30.3 Å². The molecule has 1 fully saturated rings. The zero-order chi connectivity index (χ0) is 18.4. The third kappa shape index (κ3) is 4.46. The van der Waals surface area contributed by atoms with Crippen LogP contribution in [0.4, 0.5) is 0 Å². The highest BCUT2D eigenvalue weighted by Gasteiger charge is 2.29. The summed E-state index contributed by atoms with van der Waals surface area (Å²) in [6.07, 6.45) is 4.81. The van der Waals surface area contributed by atoms with Crippen molar-refractivity contribution in [2.24, 2.45) is 11.7 Å². The predicted molar refractivity (Wildman–Crippen MR) is 99.2 cm³/mol. The van der Waals surface area contributed by atoms with Crippen LogP contribution in [0.25, 0.3) is 0 Å². The molecule has 2 heterocycles. The van der Waals surface area contributed by atoms with E-state index in [2.05, 4.69) is 10.3 Å². The fourth-order valence-corrected chi connectivity index (χ4v) is 3.23. The minimum absolute atomic E-state index is 0.0383. The molecular weight excluding hydrogens is 328 g/mol. The minimum Gasteiger partial charge on any atom is -0.354 e. The molecule has 6 nitrogen and oxygen atoms in total. The van der Waals surface area contributed by atoms with Gasteiger partial charge in [-0.2, -0.15) is 0 Å². The molecule has 1 aromatic heterocycles. The Morgan fingerprint density at radius 2 is 1.92 bits per heavy atom. The second kappa shape index (κ2) is 8.58. The van der Waals surface area contributed by atoms with Crippen LogP contribution >= 0.6 is 0 Å². The molecule has 2 unspecified atom stereocenters. The second-order valence-corrected chi connectivity index (χ2v) is 6.59. The number of carbonyl (C=O) groups is 2. The van der Waals surface area contributed by atoms with E-state index < -0.39 is 0 Å². The summed E-state index contributed by atoms with van der Waals surface area (Å²) in [5, 5.41) is 2.94. The van der Waals surface area contributed by atoms with E-state index in [9.17, 15) is 9.59 Å². The average Bonchev–Trinajstić information content (AvgIpc) is 2.72. The van der Waals surface area contributed by atoms with E-state index in [1.165, 1.54) is 0 Å². The first kappa shape index (κ1) is 18.1. The molecule has 2 atom stereocenters. The van der Waals surface area contributed by atoms with Crippen molar-refractivity contribution < 1.29 is 9.59 Å². The number of nitrogens with one attached hydrogen (secondary N) is 1. The van der Waals surface area contributed by atoms with Crippen LogP contribution in [0.5, 0.6) is 0 Å². The van der Waals surface area contributed by atoms with E-state index in [0.717, 1.165) is 18.4 Å². The Balaban J connectivity index is 1.54. The maximum atomic E-state index is 12.6.